The molecule has 2 atom stereocenters. The monoisotopic (exact) mass is 214 g/mol. The van der Waals surface area contributed by atoms with Crippen molar-refractivity contribution in [2.75, 3.05) is 6.61 Å². The number of hydrogen-bond donors (Lipinski definition) is 0. The van der Waals surface area contributed by atoms with Gasteiger partial charge in [0, 0.05) is 13.0 Å². The van der Waals surface area contributed by atoms with Crippen LogP contribution in [0.3, 0.4) is 0 Å². The van der Waals surface area contributed by atoms with Crippen molar-refractivity contribution in [3.05, 3.63) is 11.9 Å². The Balaban J connectivity index is 3.93. The number of halogens is 4. The molecule has 1 nitrogen and oxygen atoms in total. The van der Waals surface area contributed by atoms with Crippen LogP contribution in [0.15, 0.2) is 11.9 Å². The maximum Gasteiger partial charge on any atom is 0.304 e. The van der Waals surface area contributed by atoms with Gasteiger partial charge in [0.2, 0.25) is 0 Å². The summed E-state index contributed by atoms with van der Waals surface area (Å²) in [6.07, 6.45) is -5.07. The van der Waals surface area contributed by atoms with Crippen molar-refractivity contribution in [2.24, 2.45) is 0 Å². The third kappa shape index (κ3) is 5.21. The second kappa shape index (κ2) is 6.81. The lowest BCUT2D eigenvalue weighted by molar-refractivity contribution is 0.0442. The molecule has 0 saturated heterocycles. The zero-order chi connectivity index (χ0) is 11.1. The number of ether oxygens (including phenoxy) is 1. The van der Waals surface area contributed by atoms with Crippen LogP contribution in [0.4, 0.5) is 17.6 Å². The first-order valence-corrected chi connectivity index (χ1v) is 4.45. The highest BCUT2D eigenvalue weighted by molar-refractivity contribution is 4.99. The fourth-order valence-corrected chi connectivity index (χ4v) is 0.900. The molecule has 84 valence electrons. The molecule has 0 rings (SSSR count). The molecular weight excluding hydrogens is 200 g/mol. The Hall–Kier alpha value is -0.580. The van der Waals surface area contributed by atoms with E-state index in [-0.39, 0.29) is 6.42 Å². The summed E-state index contributed by atoms with van der Waals surface area (Å²) >= 11 is 0. The van der Waals surface area contributed by atoms with Crippen molar-refractivity contribution in [1.29, 1.82) is 0 Å². The summed E-state index contributed by atoms with van der Waals surface area (Å²) in [5.74, 6) is -1.99. The quantitative estimate of drug-likeness (QED) is 0.614. The highest BCUT2D eigenvalue weighted by Gasteiger charge is 2.21. The highest BCUT2D eigenvalue weighted by Crippen LogP contribution is 2.20. The summed E-state index contributed by atoms with van der Waals surface area (Å²) < 4.78 is 53.3. The second-order valence-corrected chi connectivity index (χ2v) is 2.99. The van der Waals surface area contributed by atoms with E-state index in [4.69, 9.17) is 4.74 Å². The van der Waals surface area contributed by atoms with Gasteiger partial charge < -0.3 is 4.74 Å². The Labute approximate surface area is 80.7 Å². The topological polar surface area (TPSA) is 9.23 Å². The van der Waals surface area contributed by atoms with E-state index < -0.39 is 24.2 Å². The number of allylic oxidation sites excluding steroid dienone is 1. The zero-order valence-corrected chi connectivity index (χ0v) is 8.20. The predicted octanol–water partition coefficient (Wildman–Crippen LogP) is 3.61. The lowest BCUT2D eigenvalue weighted by Crippen LogP contribution is -2.16. The van der Waals surface area contributed by atoms with E-state index in [2.05, 4.69) is 0 Å². The van der Waals surface area contributed by atoms with Crippen molar-refractivity contribution >= 4 is 0 Å². The summed E-state index contributed by atoms with van der Waals surface area (Å²) in [4.78, 5) is 0. The van der Waals surface area contributed by atoms with E-state index in [0.717, 1.165) is 6.42 Å². The van der Waals surface area contributed by atoms with E-state index in [1.54, 1.807) is 0 Å². The van der Waals surface area contributed by atoms with E-state index in [1.807, 2.05) is 6.92 Å². The zero-order valence-electron chi connectivity index (χ0n) is 8.20. The molecule has 0 amide bonds. The number of rotatable bonds is 6. The van der Waals surface area contributed by atoms with Crippen LogP contribution in [-0.4, -0.2) is 18.9 Å². The van der Waals surface area contributed by atoms with Gasteiger partial charge in [-0.25, -0.2) is 8.78 Å². The Kier molecular flexibility index (Phi) is 6.53. The molecule has 0 aliphatic heterocycles. The molecule has 0 heterocycles. The Morgan fingerprint density at radius 1 is 1.29 bits per heavy atom. The van der Waals surface area contributed by atoms with E-state index in [1.165, 1.54) is 6.92 Å². The molecule has 0 aromatic rings. The van der Waals surface area contributed by atoms with Gasteiger partial charge in [0.15, 0.2) is 12.0 Å². The summed E-state index contributed by atoms with van der Waals surface area (Å²) in [6.45, 7) is 3.80. The van der Waals surface area contributed by atoms with E-state index in [9.17, 15) is 17.6 Å². The van der Waals surface area contributed by atoms with Crippen molar-refractivity contribution in [3.63, 3.8) is 0 Å². The minimum Gasteiger partial charge on any atom is -0.378 e. The Bertz CT molecular complexity index is 189. The van der Waals surface area contributed by atoms with Crippen LogP contribution < -0.4 is 0 Å². The van der Waals surface area contributed by atoms with Crippen LogP contribution in [0, 0.1) is 0 Å². The van der Waals surface area contributed by atoms with Gasteiger partial charge in [-0.3, -0.25) is 0 Å². The molecular formula is C9H14F4O. The van der Waals surface area contributed by atoms with Crippen molar-refractivity contribution in [3.8, 4) is 0 Å². The molecule has 0 spiro atoms. The number of hydrogen-bond acceptors (Lipinski definition) is 1. The molecule has 0 bridgehead atoms. The fourth-order valence-electron chi connectivity index (χ4n) is 0.900. The summed E-state index contributed by atoms with van der Waals surface area (Å²) in [5.41, 5.74) is 0. The second-order valence-electron chi connectivity index (χ2n) is 2.99. The molecule has 5 heteroatoms. The van der Waals surface area contributed by atoms with Gasteiger partial charge in [0.1, 0.15) is 0 Å². The fraction of sp³-hybridized carbons (Fsp3) is 0.778. The van der Waals surface area contributed by atoms with Crippen LogP contribution in [0.2, 0.25) is 0 Å². The maximum atomic E-state index is 12.7. The van der Waals surface area contributed by atoms with Crippen molar-refractivity contribution in [2.45, 2.75) is 39.0 Å². The number of alkyl halides is 1. The summed E-state index contributed by atoms with van der Waals surface area (Å²) in [7, 11) is 0. The normalized spacial score (nSPS) is 15.0. The first-order chi connectivity index (χ1) is 6.49. The van der Waals surface area contributed by atoms with E-state index >= 15 is 0 Å². The largest absolute Gasteiger partial charge is 0.378 e. The smallest absolute Gasteiger partial charge is 0.304 e. The SMILES string of the molecule is CCCOC(C)CC(F)C(F)=C(F)F. The van der Waals surface area contributed by atoms with Crippen LogP contribution in [0.25, 0.3) is 0 Å². The average molecular weight is 214 g/mol. The molecule has 2 unspecified atom stereocenters. The van der Waals surface area contributed by atoms with Gasteiger partial charge in [-0.1, -0.05) is 6.92 Å². The van der Waals surface area contributed by atoms with Crippen molar-refractivity contribution < 1.29 is 22.3 Å². The average Bonchev–Trinajstić information content (AvgIpc) is 2.13. The Morgan fingerprint density at radius 3 is 2.29 bits per heavy atom. The summed E-state index contributed by atoms with van der Waals surface area (Å²) in [5, 5.41) is 0. The van der Waals surface area contributed by atoms with Gasteiger partial charge in [-0.05, 0) is 13.3 Å². The minimum atomic E-state index is -2.60. The minimum absolute atomic E-state index is 0.386. The third-order valence-electron chi connectivity index (χ3n) is 1.60. The molecule has 0 aliphatic rings. The Morgan fingerprint density at radius 2 is 1.86 bits per heavy atom. The molecule has 0 aromatic carbocycles. The maximum absolute atomic E-state index is 12.7. The molecule has 0 fully saturated rings. The molecule has 0 aliphatic carbocycles. The van der Waals surface area contributed by atoms with Crippen LogP contribution in [0.5, 0.6) is 0 Å². The first kappa shape index (κ1) is 13.4. The highest BCUT2D eigenvalue weighted by atomic mass is 19.3. The predicted molar refractivity (Wildman–Crippen MR) is 45.6 cm³/mol. The van der Waals surface area contributed by atoms with Gasteiger partial charge in [-0.2, -0.15) is 8.78 Å². The molecule has 0 N–H and O–H groups in total. The van der Waals surface area contributed by atoms with Gasteiger partial charge in [-0.15, -0.1) is 0 Å². The van der Waals surface area contributed by atoms with Gasteiger partial charge >= 0.3 is 6.08 Å². The van der Waals surface area contributed by atoms with Gasteiger partial charge in [0.05, 0.1) is 6.10 Å². The standard InChI is InChI=1S/C9H14F4O/c1-3-4-14-6(2)5-7(10)8(11)9(12)13/h6-7H,3-5H2,1-2H3. The summed E-state index contributed by atoms with van der Waals surface area (Å²) in [6, 6.07) is 0. The molecule has 0 aromatic heterocycles. The first-order valence-electron chi connectivity index (χ1n) is 4.45. The molecule has 14 heavy (non-hydrogen) atoms. The van der Waals surface area contributed by atoms with Crippen molar-refractivity contribution in [1.82, 2.24) is 0 Å². The third-order valence-corrected chi connectivity index (χ3v) is 1.60. The lowest BCUT2D eigenvalue weighted by atomic mass is 10.2. The lowest BCUT2D eigenvalue weighted by Gasteiger charge is -2.13. The van der Waals surface area contributed by atoms with Gasteiger partial charge in [0.25, 0.3) is 0 Å². The van der Waals surface area contributed by atoms with E-state index in [0.29, 0.717) is 6.61 Å². The van der Waals surface area contributed by atoms with Crippen LogP contribution in [0.1, 0.15) is 26.7 Å². The molecule has 0 radical (unpaired) electrons. The van der Waals surface area contributed by atoms with Crippen LogP contribution in [-0.2, 0) is 4.74 Å². The molecule has 0 saturated carbocycles. The van der Waals surface area contributed by atoms with Crippen LogP contribution >= 0.6 is 0 Å².